The van der Waals surface area contributed by atoms with E-state index >= 15 is 0 Å². The van der Waals surface area contributed by atoms with Crippen molar-refractivity contribution in [2.24, 2.45) is 0 Å². The van der Waals surface area contributed by atoms with Crippen LogP contribution in [0.25, 0.3) is 91.8 Å². The molecule has 0 aliphatic heterocycles. The average molecular weight is 567 g/mol. The van der Waals surface area contributed by atoms with Crippen molar-refractivity contribution in [3.63, 3.8) is 0 Å². The lowest BCUT2D eigenvalue weighted by Crippen LogP contribution is -1.93. The molecule has 0 saturated heterocycles. The molecule has 0 fully saturated rings. The van der Waals surface area contributed by atoms with E-state index in [1.165, 1.54) is 58.2 Å². The Labute approximate surface area is 249 Å². The van der Waals surface area contributed by atoms with Crippen LogP contribution in [0.3, 0.4) is 0 Å². The van der Waals surface area contributed by atoms with E-state index in [2.05, 4.69) is 138 Å². The number of hydrogen-bond acceptors (Lipinski definition) is 3. The Balaban J connectivity index is 1.25. The fourth-order valence-corrected chi connectivity index (χ4v) is 8.02. The van der Waals surface area contributed by atoms with Crippen molar-refractivity contribution in [2.45, 2.75) is 0 Å². The Morgan fingerprint density at radius 2 is 1.26 bits per heavy atom. The smallest absolute Gasteiger partial charge is 0.307 e. The van der Waals surface area contributed by atoms with Gasteiger partial charge in [-0.3, -0.25) is 4.57 Å². The summed E-state index contributed by atoms with van der Waals surface area (Å²) < 4.78 is 11.3. The third-order valence-corrected chi connectivity index (χ3v) is 9.96. The summed E-state index contributed by atoms with van der Waals surface area (Å²) in [6, 6.07) is 48.4. The minimum atomic E-state index is 0.591. The molecule has 0 radical (unpaired) electrons. The summed E-state index contributed by atoms with van der Waals surface area (Å²) >= 11 is 1.79. The lowest BCUT2D eigenvalue weighted by molar-refractivity contribution is 0.577. The zero-order chi connectivity index (χ0) is 28.1. The third kappa shape index (κ3) is 3.21. The third-order valence-electron chi connectivity index (χ3n) is 8.83. The van der Waals surface area contributed by atoms with Crippen molar-refractivity contribution >= 4 is 86.0 Å². The van der Waals surface area contributed by atoms with Crippen LogP contribution in [0, 0.1) is 0 Å². The SMILES string of the molecule is c1ccc2c(c1)cc(-c1ccc3c(c1)c1ccccc1n3-c1nc3ccc4sc5ccccc5c4c3o1)c1ccccc12. The van der Waals surface area contributed by atoms with E-state index in [-0.39, 0.29) is 0 Å². The summed E-state index contributed by atoms with van der Waals surface area (Å²) in [6.45, 7) is 0. The second kappa shape index (κ2) is 8.54. The number of para-hydroxylation sites is 1. The highest BCUT2D eigenvalue weighted by Crippen LogP contribution is 2.42. The minimum Gasteiger partial charge on any atom is -0.422 e. The molecule has 3 heterocycles. The van der Waals surface area contributed by atoms with Gasteiger partial charge < -0.3 is 4.42 Å². The zero-order valence-corrected chi connectivity index (χ0v) is 23.7. The first kappa shape index (κ1) is 23.1. The molecule has 0 bridgehead atoms. The van der Waals surface area contributed by atoms with Gasteiger partial charge in [-0.15, -0.1) is 11.3 Å². The van der Waals surface area contributed by atoms with Crippen LogP contribution in [-0.2, 0) is 0 Å². The van der Waals surface area contributed by atoms with E-state index in [1.54, 1.807) is 11.3 Å². The molecular formula is C39H22N2OS. The Morgan fingerprint density at radius 1 is 0.535 bits per heavy atom. The first-order valence-electron chi connectivity index (χ1n) is 14.5. The predicted molar refractivity (Wildman–Crippen MR) is 182 cm³/mol. The highest BCUT2D eigenvalue weighted by molar-refractivity contribution is 7.26. The summed E-state index contributed by atoms with van der Waals surface area (Å²) in [4.78, 5) is 5.05. The highest BCUT2D eigenvalue weighted by Gasteiger charge is 2.20. The monoisotopic (exact) mass is 566 g/mol. The molecule has 0 atom stereocenters. The molecule has 0 saturated carbocycles. The van der Waals surface area contributed by atoms with Crippen LogP contribution in [0.1, 0.15) is 0 Å². The molecule has 0 unspecified atom stereocenters. The molecule has 7 aromatic carbocycles. The minimum absolute atomic E-state index is 0.591. The predicted octanol–water partition coefficient (Wildman–Crippen LogP) is 11.3. The van der Waals surface area contributed by atoms with Crippen molar-refractivity contribution in [1.82, 2.24) is 9.55 Å². The van der Waals surface area contributed by atoms with Crippen LogP contribution in [0.5, 0.6) is 0 Å². The summed E-state index contributed by atoms with van der Waals surface area (Å²) in [5.41, 5.74) is 6.30. The lowest BCUT2D eigenvalue weighted by atomic mass is 9.93. The number of rotatable bonds is 2. The Hall–Kier alpha value is -5.45. The van der Waals surface area contributed by atoms with E-state index in [0.717, 1.165) is 27.5 Å². The quantitative estimate of drug-likeness (QED) is 0.195. The molecule has 0 spiro atoms. The molecule has 43 heavy (non-hydrogen) atoms. The van der Waals surface area contributed by atoms with E-state index in [4.69, 9.17) is 9.40 Å². The number of aromatic nitrogens is 2. The van der Waals surface area contributed by atoms with Gasteiger partial charge in [0.25, 0.3) is 0 Å². The molecule has 200 valence electrons. The van der Waals surface area contributed by atoms with Crippen molar-refractivity contribution in [3.05, 3.63) is 133 Å². The van der Waals surface area contributed by atoms with E-state index in [1.807, 2.05) is 0 Å². The molecule has 10 rings (SSSR count). The molecule has 0 N–H and O–H groups in total. The largest absolute Gasteiger partial charge is 0.422 e. The zero-order valence-electron chi connectivity index (χ0n) is 22.9. The Kier molecular flexibility index (Phi) is 4.60. The maximum Gasteiger partial charge on any atom is 0.307 e. The molecule has 3 nitrogen and oxygen atoms in total. The summed E-state index contributed by atoms with van der Waals surface area (Å²) in [5.74, 6) is 0. The van der Waals surface area contributed by atoms with Crippen LogP contribution in [0.15, 0.2) is 138 Å². The van der Waals surface area contributed by atoms with Gasteiger partial charge in [-0.25, -0.2) is 0 Å². The average Bonchev–Trinajstić information content (AvgIpc) is 3.75. The molecule has 0 aliphatic carbocycles. The Bertz CT molecular complexity index is 2740. The van der Waals surface area contributed by atoms with Gasteiger partial charge >= 0.3 is 6.01 Å². The first-order valence-corrected chi connectivity index (χ1v) is 15.3. The number of hydrogen-bond donors (Lipinski definition) is 0. The van der Waals surface area contributed by atoms with E-state index < -0.39 is 0 Å². The van der Waals surface area contributed by atoms with Crippen molar-refractivity contribution in [2.75, 3.05) is 0 Å². The van der Waals surface area contributed by atoms with Crippen LogP contribution in [0.2, 0.25) is 0 Å². The van der Waals surface area contributed by atoms with Gasteiger partial charge in [0, 0.05) is 30.9 Å². The maximum atomic E-state index is 6.69. The number of thiophene rings is 1. The summed E-state index contributed by atoms with van der Waals surface area (Å²) in [7, 11) is 0. The fraction of sp³-hybridized carbons (Fsp3) is 0. The number of oxazole rings is 1. The van der Waals surface area contributed by atoms with Crippen molar-refractivity contribution in [3.8, 4) is 17.1 Å². The van der Waals surface area contributed by atoms with Gasteiger partial charge in [0.1, 0.15) is 5.52 Å². The topological polar surface area (TPSA) is 31.0 Å². The second-order valence-corrected chi connectivity index (χ2v) is 12.2. The maximum absolute atomic E-state index is 6.69. The molecule has 4 heteroatoms. The van der Waals surface area contributed by atoms with Crippen LogP contribution in [0.4, 0.5) is 0 Å². The van der Waals surface area contributed by atoms with E-state index in [0.29, 0.717) is 6.01 Å². The van der Waals surface area contributed by atoms with Gasteiger partial charge in [-0.2, -0.15) is 4.98 Å². The van der Waals surface area contributed by atoms with Gasteiger partial charge in [0.05, 0.1) is 11.0 Å². The number of benzene rings is 7. The molecule has 0 amide bonds. The van der Waals surface area contributed by atoms with Crippen molar-refractivity contribution in [1.29, 1.82) is 0 Å². The van der Waals surface area contributed by atoms with Gasteiger partial charge in [-0.05, 0) is 75.1 Å². The van der Waals surface area contributed by atoms with Gasteiger partial charge in [0.15, 0.2) is 5.58 Å². The van der Waals surface area contributed by atoms with E-state index in [9.17, 15) is 0 Å². The van der Waals surface area contributed by atoms with Gasteiger partial charge in [0.2, 0.25) is 0 Å². The highest BCUT2D eigenvalue weighted by atomic mass is 32.1. The van der Waals surface area contributed by atoms with Crippen molar-refractivity contribution < 1.29 is 4.42 Å². The number of nitrogens with zero attached hydrogens (tertiary/aromatic N) is 2. The lowest BCUT2D eigenvalue weighted by Gasteiger charge is -2.11. The standard InChI is InChI=1S/C39H22N2OS/c1-2-10-25-23(9-1)21-30(27-12-4-3-11-26(25)27)24-17-19-34-31(22-24)28-13-5-7-15-33(28)41(34)39-40-32-18-20-36-37(38(32)42-39)29-14-6-8-16-35(29)43-36/h1-22H. The van der Waals surface area contributed by atoms with Crippen LogP contribution < -0.4 is 0 Å². The first-order chi connectivity index (χ1) is 21.3. The normalized spacial score (nSPS) is 12.2. The molecule has 0 aliphatic rings. The summed E-state index contributed by atoms with van der Waals surface area (Å²) in [6.07, 6.45) is 0. The summed E-state index contributed by atoms with van der Waals surface area (Å²) in [5, 5.41) is 9.78. The van der Waals surface area contributed by atoms with Crippen LogP contribution in [-0.4, -0.2) is 9.55 Å². The second-order valence-electron chi connectivity index (χ2n) is 11.2. The molecule has 3 aromatic heterocycles. The van der Waals surface area contributed by atoms with Gasteiger partial charge in [-0.1, -0.05) is 91.0 Å². The van der Waals surface area contributed by atoms with Crippen LogP contribution >= 0.6 is 11.3 Å². The Morgan fingerprint density at radius 3 is 2.16 bits per heavy atom. The molecular weight excluding hydrogens is 545 g/mol. The molecule has 10 aromatic rings. The fourth-order valence-electron chi connectivity index (χ4n) is 6.92. The number of fused-ring (bicyclic) bond motifs is 11.